The number of aryl methyl sites for hydroxylation is 1. The first kappa shape index (κ1) is 18.8. The predicted octanol–water partition coefficient (Wildman–Crippen LogP) is 2.12. The summed E-state index contributed by atoms with van der Waals surface area (Å²) in [7, 11) is 3.75. The molecule has 6 heteroatoms. The molecule has 0 aliphatic carbocycles. The van der Waals surface area contributed by atoms with Gasteiger partial charge in [-0.15, -0.1) is 0 Å². The van der Waals surface area contributed by atoms with E-state index in [9.17, 15) is 9.59 Å². The first-order valence-corrected chi connectivity index (χ1v) is 8.93. The summed E-state index contributed by atoms with van der Waals surface area (Å²) < 4.78 is 1.39. The summed E-state index contributed by atoms with van der Waals surface area (Å²) in [5.41, 5.74) is 1.94. The monoisotopic (exact) mass is 364 g/mol. The largest absolute Gasteiger partial charge is 0.353 e. The molecule has 0 aliphatic heterocycles. The molecule has 1 N–H and O–H groups in total. The van der Waals surface area contributed by atoms with E-state index in [1.807, 2.05) is 68.4 Å². The molecule has 1 amide bonds. The van der Waals surface area contributed by atoms with Crippen molar-refractivity contribution in [3.05, 3.63) is 76.2 Å². The van der Waals surface area contributed by atoms with Crippen molar-refractivity contribution in [3.63, 3.8) is 0 Å². The first-order valence-electron chi connectivity index (χ1n) is 8.93. The lowest BCUT2D eigenvalue weighted by Crippen LogP contribution is -2.39. The van der Waals surface area contributed by atoms with Crippen LogP contribution in [0.5, 0.6) is 0 Å². The molecular formula is C21H24N4O2. The van der Waals surface area contributed by atoms with Crippen LogP contribution >= 0.6 is 0 Å². The van der Waals surface area contributed by atoms with Crippen molar-refractivity contribution >= 4 is 16.7 Å². The molecule has 0 spiro atoms. The van der Waals surface area contributed by atoms with Gasteiger partial charge in [0.05, 0.1) is 18.1 Å². The summed E-state index contributed by atoms with van der Waals surface area (Å²) >= 11 is 0. The molecule has 0 unspecified atom stereocenters. The third-order valence-electron chi connectivity index (χ3n) is 4.54. The Labute approximate surface area is 158 Å². The summed E-state index contributed by atoms with van der Waals surface area (Å²) in [5.74, 6) is -0.0994. The Morgan fingerprint density at radius 1 is 1.15 bits per heavy atom. The zero-order valence-corrected chi connectivity index (χ0v) is 15.8. The van der Waals surface area contributed by atoms with Gasteiger partial charge in [0.25, 0.3) is 5.56 Å². The number of fused-ring (bicyclic) bond motifs is 1. The van der Waals surface area contributed by atoms with Crippen LogP contribution in [0.2, 0.25) is 0 Å². The van der Waals surface area contributed by atoms with Gasteiger partial charge in [0.15, 0.2) is 0 Å². The molecule has 0 fully saturated rings. The lowest BCUT2D eigenvalue weighted by molar-refractivity contribution is -0.125. The molecule has 0 bridgehead atoms. The van der Waals surface area contributed by atoms with Crippen molar-refractivity contribution in [1.29, 1.82) is 0 Å². The predicted molar refractivity (Wildman–Crippen MR) is 107 cm³/mol. The molecular weight excluding hydrogens is 340 g/mol. The van der Waals surface area contributed by atoms with Gasteiger partial charge in [0, 0.05) is 11.9 Å². The Kier molecular flexibility index (Phi) is 5.66. The molecule has 1 atom stereocenters. The standard InChI is InChI=1S/C21H24N4O2/c1-15-8-10-16(11-9-15)19(24(2)3)20(26)22-12-13-25-21(27)18-7-5-4-6-17(18)14-23-25/h4-11,14,19H,12-13H2,1-3H3,(H,22,26)/t19-/m0/s1. The number of amides is 1. The molecule has 1 aromatic heterocycles. The summed E-state index contributed by atoms with van der Waals surface area (Å²) in [6.07, 6.45) is 1.67. The highest BCUT2D eigenvalue weighted by molar-refractivity contribution is 5.83. The number of carbonyl (C=O) groups is 1. The fourth-order valence-corrected chi connectivity index (χ4v) is 3.10. The molecule has 3 rings (SSSR count). The van der Waals surface area contributed by atoms with Crippen molar-refractivity contribution in [2.24, 2.45) is 0 Å². The summed E-state index contributed by atoms with van der Waals surface area (Å²) in [4.78, 5) is 27.1. The normalized spacial score (nSPS) is 12.3. The van der Waals surface area contributed by atoms with Gasteiger partial charge in [-0.3, -0.25) is 14.5 Å². The maximum Gasteiger partial charge on any atom is 0.274 e. The van der Waals surface area contributed by atoms with Crippen molar-refractivity contribution < 1.29 is 4.79 Å². The van der Waals surface area contributed by atoms with Gasteiger partial charge in [-0.05, 0) is 32.6 Å². The Morgan fingerprint density at radius 2 is 1.85 bits per heavy atom. The van der Waals surface area contributed by atoms with Gasteiger partial charge in [0.1, 0.15) is 6.04 Å². The fourth-order valence-electron chi connectivity index (χ4n) is 3.10. The number of carbonyl (C=O) groups excluding carboxylic acids is 1. The third kappa shape index (κ3) is 4.23. The number of benzene rings is 2. The van der Waals surface area contributed by atoms with Gasteiger partial charge in [-0.2, -0.15) is 5.10 Å². The van der Waals surface area contributed by atoms with E-state index in [0.29, 0.717) is 18.5 Å². The van der Waals surface area contributed by atoms with E-state index in [4.69, 9.17) is 0 Å². The van der Waals surface area contributed by atoms with Gasteiger partial charge < -0.3 is 5.32 Å². The Morgan fingerprint density at radius 3 is 2.56 bits per heavy atom. The third-order valence-corrected chi connectivity index (χ3v) is 4.54. The number of nitrogens with zero attached hydrogens (tertiary/aromatic N) is 3. The number of hydrogen-bond donors (Lipinski definition) is 1. The van der Waals surface area contributed by atoms with Gasteiger partial charge in [-0.1, -0.05) is 48.0 Å². The number of aromatic nitrogens is 2. The molecule has 140 valence electrons. The SMILES string of the molecule is Cc1ccc([C@@H](C(=O)NCCn2ncc3ccccc3c2=O)N(C)C)cc1. The molecule has 3 aromatic rings. The quantitative estimate of drug-likeness (QED) is 0.728. The Balaban J connectivity index is 1.68. The van der Waals surface area contributed by atoms with Gasteiger partial charge in [-0.25, -0.2) is 4.68 Å². The van der Waals surface area contributed by atoms with Crippen LogP contribution < -0.4 is 10.9 Å². The first-order chi connectivity index (χ1) is 13.0. The molecule has 6 nitrogen and oxygen atoms in total. The molecule has 0 saturated carbocycles. The maximum atomic E-state index is 12.7. The van der Waals surface area contributed by atoms with Crippen molar-refractivity contribution in [2.45, 2.75) is 19.5 Å². The zero-order valence-electron chi connectivity index (χ0n) is 15.8. The van der Waals surface area contributed by atoms with Crippen LogP contribution in [0.1, 0.15) is 17.2 Å². The number of hydrogen-bond acceptors (Lipinski definition) is 4. The van der Waals surface area contributed by atoms with Crippen LogP contribution in [-0.2, 0) is 11.3 Å². The Hall–Kier alpha value is -2.99. The van der Waals surface area contributed by atoms with E-state index in [1.165, 1.54) is 4.68 Å². The zero-order chi connectivity index (χ0) is 19.4. The minimum atomic E-state index is -0.383. The average Bonchev–Trinajstić information content (AvgIpc) is 2.65. The topological polar surface area (TPSA) is 67.2 Å². The second-order valence-electron chi connectivity index (χ2n) is 6.83. The van der Waals surface area contributed by atoms with Crippen molar-refractivity contribution in [3.8, 4) is 0 Å². The second kappa shape index (κ2) is 8.14. The molecule has 0 saturated heterocycles. The summed E-state index contributed by atoms with van der Waals surface area (Å²) in [5, 5.41) is 8.56. The summed E-state index contributed by atoms with van der Waals surface area (Å²) in [6.45, 7) is 2.67. The number of likely N-dealkylation sites (N-methyl/N-ethyl adjacent to an activating group) is 1. The van der Waals surface area contributed by atoms with E-state index in [2.05, 4.69) is 10.4 Å². The van der Waals surface area contributed by atoms with E-state index in [0.717, 1.165) is 16.5 Å². The van der Waals surface area contributed by atoms with Crippen molar-refractivity contribution in [2.75, 3.05) is 20.6 Å². The molecule has 2 aromatic carbocycles. The number of nitrogens with one attached hydrogen (secondary N) is 1. The van der Waals surface area contributed by atoms with E-state index >= 15 is 0 Å². The molecule has 0 radical (unpaired) electrons. The van der Waals surface area contributed by atoms with Crippen LogP contribution in [0.3, 0.4) is 0 Å². The smallest absolute Gasteiger partial charge is 0.274 e. The highest BCUT2D eigenvalue weighted by Gasteiger charge is 2.22. The highest BCUT2D eigenvalue weighted by Crippen LogP contribution is 2.18. The van der Waals surface area contributed by atoms with Crippen LogP contribution in [0.4, 0.5) is 0 Å². The lowest BCUT2D eigenvalue weighted by Gasteiger charge is -2.24. The van der Waals surface area contributed by atoms with E-state index < -0.39 is 0 Å². The minimum absolute atomic E-state index is 0.0994. The number of rotatable bonds is 6. The Bertz CT molecular complexity index is 993. The van der Waals surface area contributed by atoms with Crippen LogP contribution in [0.25, 0.3) is 10.8 Å². The second-order valence-corrected chi connectivity index (χ2v) is 6.83. The fraction of sp³-hybridized carbons (Fsp3) is 0.286. The molecule has 0 aliphatic rings. The summed E-state index contributed by atoms with van der Waals surface area (Å²) in [6, 6.07) is 14.9. The molecule has 27 heavy (non-hydrogen) atoms. The maximum absolute atomic E-state index is 12.7. The average molecular weight is 364 g/mol. The van der Waals surface area contributed by atoms with E-state index in [-0.39, 0.29) is 17.5 Å². The van der Waals surface area contributed by atoms with Gasteiger partial charge in [0.2, 0.25) is 5.91 Å². The molecule has 1 heterocycles. The van der Waals surface area contributed by atoms with Crippen LogP contribution in [0, 0.1) is 6.92 Å². The van der Waals surface area contributed by atoms with E-state index in [1.54, 1.807) is 12.3 Å². The van der Waals surface area contributed by atoms with Crippen LogP contribution in [-0.4, -0.2) is 41.2 Å². The highest BCUT2D eigenvalue weighted by atomic mass is 16.2. The van der Waals surface area contributed by atoms with Crippen LogP contribution in [0.15, 0.2) is 59.5 Å². The van der Waals surface area contributed by atoms with Gasteiger partial charge >= 0.3 is 0 Å². The lowest BCUT2D eigenvalue weighted by atomic mass is 10.0. The van der Waals surface area contributed by atoms with Crippen molar-refractivity contribution in [1.82, 2.24) is 20.0 Å². The minimum Gasteiger partial charge on any atom is -0.353 e.